The molecule has 6 heteroatoms. The number of rotatable bonds is 8. The highest BCUT2D eigenvalue weighted by Gasteiger charge is 2.15. The normalized spacial score (nSPS) is 14.7. The van der Waals surface area contributed by atoms with Crippen LogP contribution in [-0.2, 0) is 0 Å². The highest BCUT2D eigenvalue weighted by molar-refractivity contribution is 5.95. The number of nitrogens with zero attached hydrogens (tertiary/aromatic N) is 3. The minimum Gasteiger partial charge on any atom is -0.352 e. The molecule has 0 unspecified atom stereocenters. The summed E-state index contributed by atoms with van der Waals surface area (Å²) in [5.41, 5.74) is 4.55. The Bertz CT molecular complexity index is 1080. The fourth-order valence-corrected chi connectivity index (χ4v) is 4.17. The van der Waals surface area contributed by atoms with Gasteiger partial charge in [0.05, 0.1) is 5.69 Å². The van der Waals surface area contributed by atoms with E-state index in [1.807, 2.05) is 42.5 Å². The number of likely N-dealkylation sites (tertiary alicyclic amines) is 1. The van der Waals surface area contributed by atoms with E-state index in [1.165, 1.54) is 31.5 Å². The number of hydrogen-bond acceptors (Lipinski definition) is 5. The molecular formula is C27H33N5O. The molecule has 1 aliphatic rings. The lowest BCUT2D eigenvalue weighted by Crippen LogP contribution is -2.35. The fraction of sp³-hybridized carbons (Fsp3) is 0.370. The van der Waals surface area contributed by atoms with Gasteiger partial charge in [-0.15, -0.1) is 0 Å². The van der Waals surface area contributed by atoms with Gasteiger partial charge < -0.3 is 15.5 Å². The van der Waals surface area contributed by atoms with Gasteiger partial charge in [0.15, 0.2) is 0 Å². The van der Waals surface area contributed by atoms with Crippen molar-refractivity contribution in [1.29, 1.82) is 0 Å². The zero-order valence-electron chi connectivity index (χ0n) is 19.6. The summed E-state index contributed by atoms with van der Waals surface area (Å²) in [5.74, 6) is 1.49. The Balaban J connectivity index is 1.31. The molecular weight excluding hydrogens is 410 g/mol. The van der Waals surface area contributed by atoms with E-state index in [0.717, 1.165) is 35.8 Å². The first-order valence-corrected chi connectivity index (χ1v) is 11.8. The lowest BCUT2D eigenvalue weighted by atomic mass is 9.99. The van der Waals surface area contributed by atoms with Gasteiger partial charge >= 0.3 is 0 Å². The Morgan fingerprint density at radius 1 is 1.06 bits per heavy atom. The predicted octanol–water partition coefficient (Wildman–Crippen LogP) is 5.05. The number of hydrogen-bond donors (Lipinski definition) is 2. The summed E-state index contributed by atoms with van der Waals surface area (Å²) in [6.45, 7) is 8.48. The van der Waals surface area contributed by atoms with E-state index in [1.54, 1.807) is 6.33 Å². The summed E-state index contributed by atoms with van der Waals surface area (Å²) in [6.07, 6.45) is 5.09. The van der Waals surface area contributed by atoms with Crippen molar-refractivity contribution in [3.05, 3.63) is 72.1 Å². The first-order chi connectivity index (χ1) is 16.1. The number of carbonyl (C=O) groups excluding carboxylic acids is 1. The van der Waals surface area contributed by atoms with Crippen molar-refractivity contribution in [3.63, 3.8) is 0 Å². The van der Waals surface area contributed by atoms with Gasteiger partial charge in [-0.05, 0) is 76.0 Å². The Kier molecular flexibility index (Phi) is 7.68. The predicted molar refractivity (Wildman–Crippen MR) is 134 cm³/mol. The number of anilines is 2. The molecule has 2 N–H and O–H groups in total. The van der Waals surface area contributed by atoms with Crippen LogP contribution in [0.1, 0.15) is 42.1 Å². The van der Waals surface area contributed by atoms with Crippen LogP contribution in [0.2, 0.25) is 0 Å². The van der Waals surface area contributed by atoms with Crippen molar-refractivity contribution in [2.45, 2.75) is 33.1 Å². The number of nitrogens with one attached hydrogen (secondary N) is 2. The van der Waals surface area contributed by atoms with Gasteiger partial charge in [0.25, 0.3) is 5.91 Å². The largest absolute Gasteiger partial charge is 0.352 e. The van der Waals surface area contributed by atoms with Gasteiger partial charge in [-0.2, -0.15) is 0 Å². The van der Waals surface area contributed by atoms with E-state index in [4.69, 9.17) is 0 Å². The molecule has 1 aliphatic heterocycles. The second-order valence-electron chi connectivity index (χ2n) is 9.00. The van der Waals surface area contributed by atoms with Gasteiger partial charge in [-0.1, -0.05) is 36.8 Å². The number of aryl methyl sites for hydroxylation is 1. The molecule has 2 aromatic carbocycles. The molecule has 1 aromatic heterocycles. The number of piperidine rings is 1. The molecule has 1 amide bonds. The summed E-state index contributed by atoms with van der Waals surface area (Å²) in [5, 5.41) is 6.36. The zero-order valence-corrected chi connectivity index (χ0v) is 19.6. The van der Waals surface area contributed by atoms with Crippen LogP contribution in [0.4, 0.5) is 11.5 Å². The van der Waals surface area contributed by atoms with Crippen LogP contribution in [0.5, 0.6) is 0 Å². The van der Waals surface area contributed by atoms with Gasteiger partial charge in [0, 0.05) is 29.4 Å². The van der Waals surface area contributed by atoms with Crippen molar-refractivity contribution in [1.82, 2.24) is 20.2 Å². The molecule has 0 spiro atoms. The van der Waals surface area contributed by atoms with Crippen molar-refractivity contribution in [2.75, 3.05) is 31.5 Å². The molecule has 0 bridgehead atoms. The summed E-state index contributed by atoms with van der Waals surface area (Å²) < 4.78 is 0. The average molecular weight is 444 g/mol. The molecule has 6 nitrogen and oxygen atoms in total. The van der Waals surface area contributed by atoms with Gasteiger partial charge in [0.2, 0.25) is 0 Å². The molecule has 1 fully saturated rings. The Morgan fingerprint density at radius 3 is 2.70 bits per heavy atom. The molecule has 0 radical (unpaired) electrons. The summed E-state index contributed by atoms with van der Waals surface area (Å²) in [6, 6.07) is 17.7. The molecule has 172 valence electrons. The minimum atomic E-state index is -0.0472. The summed E-state index contributed by atoms with van der Waals surface area (Å²) in [7, 11) is 0. The van der Waals surface area contributed by atoms with Crippen LogP contribution in [0.25, 0.3) is 11.3 Å². The topological polar surface area (TPSA) is 70.2 Å². The summed E-state index contributed by atoms with van der Waals surface area (Å²) >= 11 is 0. The van der Waals surface area contributed by atoms with Crippen LogP contribution in [-0.4, -0.2) is 47.0 Å². The molecule has 4 rings (SSSR count). The number of carbonyl (C=O) groups is 1. The smallest absolute Gasteiger partial charge is 0.251 e. The van der Waals surface area contributed by atoms with E-state index < -0.39 is 0 Å². The van der Waals surface area contributed by atoms with Crippen molar-refractivity contribution in [2.24, 2.45) is 5.92 Å². The number of amides is 1. The SMILES string of the molecule is Cc1cccc(-c2cc(Nc3cccc(C(=O)NCCCN4CCC(C)CC4)c3)ncn2)c1. The molecule has 33 heavy (non-hydrogen) atoms. The summed E-state index contributed by atoms with van der Waals surface area (Å²) in [4.78, 5) is 23.9. The third-order valence-electron chi connectivity index (χ3n) is 6.19. The highest BCUT2D eigenvalue weighted by Crippen LogP contribution is 2.22. The maximum Gasteiger partial charge on any atom is 0.251 e. The molecule has 1 saturated heterocycles. The monoisotopic (exact) mass is 443 g/mol. The first-order valence-electron chi connectivity index (χ1n) is 11.8. The average Bonchev–Trinajstić information content (AvgIpc) is 2.83. The van der Waals surface area contributed by atoms with Crippen LogP contribution in [0.15, 0.2) is 60.9 Å². The zero-order chi connectivity index (χ0) is 23.0. The number of aromatic nitrogens is 2. The maximum atomic E-state index is 12.6. The lowest BCUT2D eigenvalue weighted by molar-refractivity contribution is 0.0950. The second kappa shape index (κ2) is 11.1. The van der Waals surface area contributed by atoms with E-state index in [2.05, 4.69) is 51.5 Å². The van der Waals surface area contributed by atoms with Gasteiger partial charge in [0.1, 0.15) is 12.1 Å². The maximum absolute atomic E-state index is 12.6. The Labute approximate surface area is 196 Å². The van der Waals surface area contributed by atoms with Crippen molar-refractivity contribution in [3.8, 4) is 11.3 Å². The van der Waals surface area contributed by atoms with Crippen molar-refractivity contribution < 1.29 is 4.79 Å². The van der Waals surface area contributed by atoms with E-state index >= 15 is 0 Å². The van der Waals surface area contributed by atoms with Gasteiger partial charge in [-0.3, -0.25) is 4.79 Å². The molecule has 3 aromatic rings. The fourth-order valence-electron chi connectivity index (χ4n) is 4.17. The minimum absolute atomic E-state index is 0.0472. The van der Waals surface area contributed by atoms with Crippen LogP contribution in [0.3, 0.4) is 0 Å². The number of benzene rings is 2. The van der Waals surface area contributed by atoms with E-state index in [0.29, 0.717) is 17.9 Å². The Morgan fingerprint density at radius 2 is 1.88 bits per heavy atom. The van der Waals surface area contributed by atoms with Gasteiger partial charge in [-0.25, -0.2) is 9.97 Å². The molecule has 0 atom stereocenters. The molecule has 2 heterocycles. The lowest BCUT2D eigenvalue weighted by Gasteiger charge is -2.30. The molecule has 0 saturated carbocycles. The van der Waals surface area contributed by atoms with Crippen LogP contribution >= 0.6 is 0 Å². The first kappa shape index (κ1) is 22.9. The Hall–Kier alpha value is -3.25. The third kappa shape index (κ3) is 6.62. The third-order valence-corrected chi connectivity index (χ3v) is 6.19. The molecule has 0 aliphatic carbocycles. The standard InChI is InChI=1S/C27H33N5O/c1-20-10-14-32(15-11-20)13-5-12-28-27(33)23-8-4-9-24(17-23)31-26-18-25(29-19-30-26)22-7-3-6-21(2)16-22/h3-4,6-9,16-20H,5,10-15H2,1-2H3,(H,28,33)(H,29,30,31). The second-order valence-corrected chi connectivity index (χ2v) is 9.00. The van der Waals surface area contributed by atoms with Crippen LogP contribution < -0.4 is 10.6 Å². The van der Waals surface area contributed by atoms with E-state index in [9.17, 15) is 4.79 Å². The van der Waals surface area contributed by atoms with Crippen molar-refractivity contribution >= 4 is 17.4 Å². The van der Waals surface area contributed by atoms with Crippen LogP contribution in [0, 0.1) is 12.8 Å². The quantitative estimate of drug-likeness (QED) is 0.477. The van der Waals surface area contributed by atoms with E-state index in [-0.39, 0.29) is 5.91 Å². The highest BCUT2D eigenvalue weighted by atomic mass is 16.1.